The fourth-order valence-corrected chi connectivity index (χ4v) is 6.51. The third kappa shape index (κ3) is 8.70. The van der Waals surface area contributed by atoms with Gasteiger partial charge in [-0.1, -0.05) is 39.8 Å². The molecular weight excluding hydrogens is 516 g/mol. The topological polar surface area (TPSA) is 136 Å². The Morgan fingerprint density at radius 2 is 1.87 bits per heavy atom. The zero-order valence-electron chi connectivity index (χ0n) is 23.6. The van der Waals surface area contributed by atoms with Crippen LogP contribution in [0.5, 0.6) is 0 Å². The number of para-hydroxylation sites is 1. The monoisotopic (exact) mass is 558 g/mol. The Labute approximate surface area is 231 Å². The Morgan fingerprint density at radius 1 is 1.15 bits per heavy atom. The molecule has 0 spiro atoms. The summed E-state index contributed by atoms with van der Waals surface area (Å²) in [7, 11) is -1.44. The number of aldehydes is 1. The predicted molar refractivity (Wildman–Crippen MR) is 155 cm³/mol. The second-order valence-electron chi connectivity index (χ2n) is 10.8. The van der Waals surface area contributed by atoms with Crippen LogP contribution in [0.4, 0.5) is 11.5 Å². The molecule has 1 fully saturated rings. The van der Waals surface area contributed by atoms with Gasteiger partial charge in [0.25, 0.3) is 0 Å². The summed E-state index contributed by atoms with van der Waals surface area (Å²) in [5, 5.41) is 14.1. The molecule has 214 valence electrons. The number of fused-ring (bicyclic) bond motifs is 1. The maximum Gasteiger partial charge on any atom is 0.245 e. The first-order valence-electron chi connectivity index (χ1n) is 13.5. The minimum Gasteiger partial charge on any atom is -0.377 e. The van der Waals surface area contributed by atoms with Crippen molar-refractivity contribution in [2.24, 2.45) is 11.8 Å². The van der Waals surface area contributed by atoms with Crippen molar-refractivity contribution in [1.82, 2.24) is 29.4 Å². The number of rotatable bonds is 11. The number of nitrogens with one attached hydrogen (secondary N) is 3. The number of likely N-dealkylation sites (tertiary alicyclic amines) is 1. The Bertz CT molecular complexity index is 1280. The van der Waals surface area contributed by atoms with E-state index in [9.17, 15) is 13.2 Å². The molecule has 1 aliphatic heterocycles. The maximum atomic E-state index is 13.0. The van der Waals surface area contributed by atoms with Crippen molar-refractivity contribution in [3.05, 3.63) is 36.8 Å². The first-order valence-corrected chi connectivity index (χ1v) is 14.9. The number of carbonyl (C=O) groups is 1. The van der Waals surface area contributed by atoms with Gasteiger partial charge in [0.2, 0.25) is 10.0 Å². The van der Waals surface area contributed by atoms with Crippen molar-refractivity contribution in [2.75, 3.05) is 50.4 Å². The lowest BCUT2D eigenvalue weighted by Crippen LogP contribution is -2.39. The highest BCUT2D eigenvalue weighted by Crippen LogP contribution is 2.26. The molecule has 0 aliphatic carbocycles. The largest absolute Gasteiger partial charge is 0.377 e. The molecule has 0 bridgehead atoms. The van der Waals surface area contributed by atoms with Gasteiger partial charge in [0.15, 0.2) is 5.65 Å². The zero-order valence-corrected chi connectivity index (χ0v) is 24.4. The summed E-state index contributed by atoms with van der Waals surface area (Å²) < 4.78 is 27.5. The van der Waals surface area contributed by atoms with Gasteiger partial charge in [-0.15, -0.1) is 0 Å². The smallest absolute Gasteiger partial charge is 0.245 e. The quantitative estimate of drug-likeness (QED) is 0.302. The molecule has 3 N–H and O–H groups in total. The van der Waals surface area contributed by atoms with Crippen LogP contribution >= 0.6 is 0 Å². The third-order valence-corrected chi connectivity index (χ3v) is 8.12. The Kier molecular flexibility index (Phi) is 11.2. The molecule has 2 aromatic heterocycles. The van der Waals surface area contributed by atoms with Crippen LogP contribution in [0.25, 0.3) is 11.0 Å². The highest BCUT2D eigenvalue weighted by atomic mass is 32.2. The van der Waals surface area contributed by atoms with E-state index in [1.165, 1.54) is 23.7 Å². The number of hydrogen-bond donors (Lipinski definition) is 3. The summed E-state index contributed by atoms with van der Waals surface area (Å²) in [6, 6.07) is 7.17. The fourth-order valence-electron chi connectivity index (χ4n) is 4.57. The van der Waals surface area contributed by atoms with E-state index >= 15 is 0 Å². The summed E-state index contributed by atoms with van der Waals surface area (Å²) in [6.07, 6.45) is 6.46. The van der Waals surface area contributed by atoms with E-state index in [-0.39, 0.29) is 23.3 Å². The molecule has 1 atom stereocenters. The maximum absolute atomic E-state index is 13.0. The van der Waals surface area contributed by atoms with E-state index in [0.29, 0.717) is 31.1 Å². The number of H-pyrrole nitrogens is 1. The van der Waals surface area contributed by atoms with E-state index in [2.05, 4.69) is 42.7 Å². The summed E-state index contributed by atoms with van der Waals surface area (Å²) in [6.45, 7) is 11.3. The predicted octanol–water partition coefficient (Wildman–Crippen LogP) is 3.46. The van der Waals surface area contributed by atoms with Crippen LogP contribution in [0.3, 0.4) is 0 Å². The van der Waals surface area contributed by atoms with Crippen molar-refractivity contribution < 1.29 is 13.2 Å². The van der Waals surface area contributed by atoms with Gasteiger partial charge in [-0.3, -0.25) is 5.10 Å². The van der Waals surface area contributed by atoms with E-state index in [1.54, 1.807) is 36.8 Å². The lowest BCUT2D eigenvalue weighted by Gasteiger charge is -2.30. The average Bonchev–Trinajstić information content (AvgIpc) is 3.37. The number of aromatic amines is 1. The van der Waals surface area contributed by atoms with Crippen molar-refractivity contribution in [1.29, 1.82) is 0 Å². The van der Waals surface area contributed by atoms with Crippen LogP contribution in [0.1, 0.15) is 40.5 Å². The highest BCUT2D eigenvalue weighted by molar-refractivity contribution is 7.89. The van der Waals surface area contributed by atoms with Crippen molar-refractivity contribution in [3.8, 4) is 0 Å². The Morgan fingerprint density at radius 3 is 2.54 bits per heavy atom. The molecule has 39 heavy (non-hydrogen) atoms. The van der Waals surface area contributed by atoms with Crippen LogP contribution in [0.2, 0.25) is 0 Å². The molecule has 1 aliphatic rings. The standard InChI is InChI=1S/C16H26N2O3S.C11H16N6/c1-13(2)11-18(12-14(3)4)22(20,21)16-8-6-5-7-15(16)17-9-10-19;1-17-4-2-3-8(6-17)15-10-9-5-14-16-11(9)13-7-12-10/h5-8,10,13-14,17H,9,11-12H2,1-4H3;5,7-8H,2-4,6H2,1H3,(H2,12,13,14,15,16). The van der Waals surface area contributed by atoms with E-state index in [4.69, 9.17) is 0 Å². The number of carbonyl (C=O) groups excluding carboxylic acids is 1. The number of likely N-dealkylation sites (N-methyl/N-ethyl adjacent to an activating group) is 1. The van der Waals surface area contributed by atoms with Crippen molar-refractivity contribution >= 4 is 38.8 Å². The van der Waals surface area contributed by atoms with Gasteiger partial charge in [-0.05, 0) is 50.4 Å². The lowest BCUT2D eigenvalue weighted by atomic mass is 10.1. The molecule has 0 radical (unpaired) electrons. The first kappa shape index (κ1) is 30.5. The van der Waals surface area contributed by atoms with Crippen LogP contribution in [-0.4, -0.2) is 89.9 Å². The second-order valence-corrected chi connectivity index (χ2v) is 12.7. The molecule has 11 nitrogen and oxygen atoms in total. The molecule has 1 unspecified atom stereocenters. The summed E-state index contributed by atoms with van der Waals surface area (Å²) >= 11 is 0. The minimum absolute atomic E-state index is 0.0842. The van der Waals surface area contributed by atoms with Gasteiger partial charge in [0, 0.05) is 25.7 Å². The molecule has 4 rings (SSSR count). The van der Waals surface area contributed by atoms with Crippen LogP contribution in [-0.2, 0) is 14.8 Å². The summed E-state index contributed by atoms with van der Waals surface area (Å²) in [4.78, 5) is 21.5. The molecule has 12 heteroatoms. The summed E-state index contributed by atoms with van der Waals surface area (Å²) in [5.41, 5.74) is 1.25. The van der Waals surface area contributed by atoms with Crippen LogP contribution < -0.4 is 10.6 Å². The van der Waals surface area contributed by atoms with Gasteiger partial charge in [-0.25, -0.2) is 18.4 Å². The van der Waals surface area contributed by atoms with Gasteiger partial charge < -0.3 is 20.3 Å². The normalized spacial score (nSPS) is 16.4. The number of hydrogen-bond acceptors (Lipinski definition) is 9. The van der Waals surface area contributed by atoms with Crippen molar-refractivity contribution in [2.45, 2.75) is 51.5 Å². The SMILES string of the molecule is CC(C)CN(CC(C)C)S(=O)(=O)c1ccccc1NCC=O.CN1CCCC(Nc2ncnc3[nH]ncc23)C1. The highest BCUT2D eigenvalue weighted by Gasteiger charge is 2.28. The molecule has 3 heterocycles. The number of sulfonamides is 1. The number of benzene rings is 1. The molecule has 0 saturated carbocycles. The molecular formula is C27H42N8O3S. The number of aromatic nitrogens is 4. The van der Waals surface area contributed by atoms with E-state index < -0.39 is 10.0 Å². The zero-order chi connectivity index (χ0) is 28.4. The molecule has 3 aromatic rings. The Hall–Kier alpha value is -3.09. The second kappa shape index (κ2) is 14.3. The number of nitrogens with zero attached hydrogens (tertiary/aromatic N) is 5. The van der Waals surface area contributed by atoms with Crippen molar-refractivity contribution in [3.63, 3.8) is 0 Å². The van der Waals surface area contributed by atoms with Gasteiger partial charge in [0.05, 0.1) is 23.8 Å². The minimum atomic E-state index is -3.60. The Balaban J connectivity index is 0.000000221. The lowest BCUT2D eigenvalue weighted by molar-refractivity contribution is -0.106. The molecule has 1 saturated heterocycles. The number of piperidine rings is 1. The van der Waals surface area contributed by atoms with Gasteiger partial charge in [-0.2, -0.15) is 9.40 Å². The van der Waals surface area contributed by atoms with Gasteiger partial charge >= 0.3 is 0 Å². The van der Waals surface area contributed by atoms with E-state index in [1.807, 2.05) is 27.7 Å². The summed E-state index contributed by atoms with van der Waals surface area (Å²) in [5.74, 6) is 1.36. The average molecular weight is 559 g/mol. The molecule has 0 amide bonds. The fraction of sp³-hybridized carbons (Fsp3) is 0.556. The van der Waals surface area contributed by atoms with Crippen LogP contribution in [0, 0.1) is 11.8 Å². The third-order valence-electron chi connectivity index (χ3n) is 6.23. The van der Waals surface area contributed by atoms with Crippen LogP contribution in [0.15, 0.2) is 41.7 Å². The number of anilines is 2. The molecule has 1 aromatic carbocycles. The van der Waals surface area contributed by atoms with Gasteiger partial charge in [0.1, 0.15) is 23.3 Å². The first-order chi connectivity index (χ1) is 18.6. The van der Waals surface area contributed by atoms with E-state index in [0.717, 1.165) is 23.4 Å².